The molecule has 1 aliphatic rings. The van der Waals surface area contributed by atoms with E-state index >= 15 is 0 Å². The lowest BCUT2D eigenvalue weighted by molar-refractivity contribution is -0.122. The van der Waals surface area contributed by atoms with Crippen LogP contribution in [0.15, 0.2) is 12.4 Å². The van der Waals surface area contributed by atoms with E-state index in [4.69, 9.17) is 5.73 Å². The van der Waals surface area contributed by atoms with Gasteiger partial charge in [-0.05, 0) is 14.1 Å². The largest absolute Gasteiger partial charge is 0.396 e. The number of hydrogen-bond donors (Lipinski definition) is 2. The standard InChI is InChI=1S/C12H22N6O/c1-16-3-4-17(2)11(8-16)6-14-12(19)9-18-7-10(13)5-15-18/h5,7,11H,3-4,6,8-9,13H2,1-2H3,(H,14,19). The number of anilines is 1. The van der Waals surface area contributed by atoms with Gasteiger partial charge in [-0.25, -0.2) is 0 Å². The highest BCUT2D eigenvalue weighted by atomic mass is 16.2. The minimum absolute atomic E-state index is 0.0373. The van der Waals surface area contributed by atoms with Crippen molar-refractivity contribution in [1.82, 2.24) is 24.9 Å². The average Bonchev–Trinajstić information content (AvgIpc) is 2.76. The molecule has 106 valence electrons. The van der Waals surface area contributed by atoms with Gasteiger partial charge in [-0.1, -0.05) is 0 Å². The van der Waals surface area contributed by atoms with E-state index in [1.54, 1.807) is 10.9 Å². The molecule has 19 heavy (non-hydrogen) atoms. The summed E-state index contributed by atoms with van der Waals surface area (Å²) in [4.78, 5) is 16.4. The van der Waals surface area contributed by atoms with Crippen molar-refractivity contribution < 1.29 is 4.79 Å². The summed E-state index contributed by atoms with van der Waals surface area (Å²) in [5.74, 6) is -0.0373. The lowest BCUT2D eigenvalue weighted by atomic mass is 10.2. The van der Waals surface area contributed by atoms with E-state index in [2.05, 4.69) is 34.3 Å². The molecule has 1 aromatic heterocycles. The fourth-order valence-corrected chi connectivity index (χ4v) is 2.22. The summed E-state index contributed by atoms with van der Waals surface area (Å²) in [6.45, 7) is 3.96. The van der Waals surface area contributed by atoms with Crippen molar-refractivity contribution in [2.24, 2.45) is 0 Å². The number of nitrogens with zero attached hydrogens (tertiary/aromatic N) is 4. The van der Waals surface area contributed by atoms with Crippen molar-refractivity contribution in [3.8, 4) is 0 Å². The van der Waals surface area contributed by atoms with Gasteiger partial charge >= 0.3 is 0 Å². The zero-order valence-corrected chi connectivity index (χ0v) is 11.5. The summed E-state index contributed by atoms with van der Waals surface area (Å²) < 4.78 is 1.54. The highest BCUT2D eigenvalue weighted by molar-refractivity contribution is 5.75. The normalized spacial score (nSPS) is 21.5. The Bertz CT molecular complexity index is 432. The van der Waals surface area contributed by atoms with E-state index in [1.807, 2.05) is 0 Å². The number of hydrogen-bond acceptors (Lipinski definition) is 5. The number of rotatable bonds is 4. The quantitative estimate of drug-likeness (QED) is 0.718. The van der Waals surface area contributed by atoms with Crippen LogP contribution in [-0.2, 0) is 11.3 Å². The highest BCUT2D eigenvalue weighted by Gasteiger charge is 2.22. The molecular formula is C12H22N6O. The van der Waals surface area contributed by atoms with Crippen LogP contribution in [0.5, 0.6) is 0 Å². The molecule has 1 atom stereocenters. The van der Waals surface area contributed by atoms with Crippen LogP contribution >= 0.6 is 0 Å². The monoisotopic (exact) mass is 266 g/mol. The fraction of sp³-hybridized carbons (Fsp3) is 0.667. The van der Waals surface area contributed by atoms with Crippen LogP contribution < -0.4 is 11.1 Å². The molecule has 0 bridgehead atoms. The second kappa shape index (κ2) is 6.03. The van der Waals surface area contributed by atoms with E-state index in [1.165, 1.54) is 6.20 Å². The van der Waals surface area contributed by atoms with Crippen molar-refractivity contribution >= 4 is 11.6 Å². The van der Waals surface area contributed by atoms with Gasteiger partial charge in [0.25, 0.3) is 0 Å². The number of amides is 1. The minimum Gasteiger partial charge on any atom is -0.396 e. The molecule has 0 aliphatic carbocycles. The summed E-state index contributed by atoms with van der Waals surface area (Å²) in [5.41, 5.74) is 6.12. The van der Waals surface area contributed by atoms with E-state index in [-0.39, 0.29) is 12.5 Å². The van der Waals surface area contributed by atoms with Gasteiger partial charge in [-0.2, -0.15) is 5.10 Å². The molecule has 2 rings (SSSR count). The average molecular weight is 266 g/mol. The van der Waals surface area contributed by atoms with Gasteiger partial charge < -0.3 is 16.0 Å². The summed E-state index contributed by atoms with van der Waals surface area (Å²) >= 11 is 0. The van der Waals surface area contributed by atoms with Crippen LogP contribution in [-0.4, -0.2) is 71.8 Å². The third kappa shape index (κ3) is 3.93. The number of likely N-dealkylation sites (N-methyl/N-ethyl adjacent to an activating group) is 2. The molecule has 1 aromatic rings. The number of nitrogen functional groups attached to an aromatic ring is 1. The maximum Gasteiger partial charge on any atom is 0.241 e. The SMILES string of the molecule is CN1CCN(C)C(CNC(=O)Cn2cc(N)cn2)C1. The smallest absolute Gasteiger partial charge is 0.241 e. The fourth-order valence-electron chi connectivity index (χ4n) is 2.22. The summed E-state index contributed by atoms with van der Waals surface area (Å²) in [6, 6.07) is 0.366. The van der Waals surface area contributed by atoms with E-state index in [9.17, 15) is 4.79 Å². The maximum atomic E-state index is 11.8. The first-order valence-corrected chi connectivity index (χ1v) is 6.48. The van der Waals surface area contributed by atoms with E-state index in [0.29, 0.717) is 18.3 Å². The Balaban J connectivity index is 1.76. The van der Waals surface area contributed by atoms with Crippen molar-refractivity contribution in [1.29, 1.82) is 0 Å². The number of carbonyl (C=O) groups is 1. The number of nitrogens with one attached hydrogen (secondary N) is 1. The Kier molecular flexibility index (Phi) is 4.39. The second-order valence-corrected chi connectivity index (χ2v) is 5.17. The van der Waals surface area contributed by atoms with Crippen LogP contribution in [0.25, 0.3) is 0 Å². The Morgan fingerprint density at radius 2 is 2.32 bits per heavy atom. The number of carbonyl (C=O) groups excluding carboxylic acids is 1. The molecule has 7 heteroatoms. The molecule has 0 aromatic carbocycles. The third-order valence-electron chi connectivity index (χ3n) is 3.47. The van der Waals surface area contributed by atoms with Gasteiger partial charge in [0.05, 0.1) is 11.9 Å². The molecule has 3 N–H and O–H groups in total. The van der Waals surface area contributed by atoms with Gasteiger partial charge in [0, 0.05) is 38.4 Å². The summed E-state index contributed by atoms with van der Waals surface area (Å²) in [5, 5.41) is 6.94. The molecule has 1 fully saturated rings. The van der Waals surface area contributed by atoms with Gasteiger partial charge in [0.15, 0.2) is 0 Å². The van der Waals surface area contributed by atoms with Crippen LogP contribution in [0.1, 0.15) is 0 Å². The molecule has 1 amide bonds. The van der Waals surface area contributed by atoms with Crippen LogP contribution in [0, 0.1) is 0 Å². The number of nitrogens with two attached hydrogens (primary N) is 1. The van der Waals surface area contributed by atoms with Gasteiger partial charge in [0.1, 0.15) is 6.54 Å². The topological polar surface area (TPSA) is 79.4 Å². The maximum absolute atomic E-state index is 11.8. The number of piperazine rings is 1. The summed E-state index contributed by atoms with van der Waals surface area (Å²) in [6.07, 6.45) is 3.19. The van der Waals surface area contributed by atoms with Crippen molar-refractivity contribution in [2.75, 3.05) is 46.0 Å². The highest BCUT2D eigenvalue weighted by Crippen LogP contribution is 2.04. The molecule has 0 spiro atoms. The predicted molar refractivity (Wildman–Crippen MR) is 73.6 cm³/mol. The van der Waals surface area contributed by atoms with Crippen molar-refractivity contribution in [3.63, 3.8) is 0 Å². The van der Waals surface area contributed by atoms with E-state index in [0.717, 1.165) is 19.6 Å². The van der Waals surface area contributed by atoms with Crippen LogP contribution in [0.2, 0.25) is 0 Å². The van der Waals surface area contributed by atoms with Gasteiger partial charge in [0.2, 0.25) is 5.91 Å². The third-order valence-corrected chi connectivity index (χ3v) is 3.47. The van der Waals surface area contributed by atoms with Crippen molar-refractivity contribution in [2.45, 2.75) is 12.6 Å². The van der Waals surface area contributed by atoms with E-state index < -0.39 is 0 Å². The second-order valence-electron chi connectivity index (χ2n) is 5.17. The van der Waals surface area contributed by atoms with Crippen molar-refractivity contribution in [3.05, 3.63) is 12.4 Å². The first kappa shape index (κ1) is 13.8. The molecule has 7 nitrogen and oxygen atoms in total. The Hall–Kier alpha value is -1.60. The molecule has 0 radical (unpaired) electrons. The summed E-state index contributed by atoms with van der Waals surface area (Å²) in [7, 11) is 4.20. The first-order chi connectivity index (χ1) is 9.04. The molecule has 1 saturated heterocycles. The molecule has 1 aliphatic heterocycles. The number of aromatic nitrogens is 2. The lowest BCUT2D eigenvalue weighted by Gasteiger charge is -2.37. The lowest BCUT2D eigenvalue weighted by Crippen LogP contribution is -2.54. The van der Waals surface area contributed by atoms with Gasteiger partial charge in [-0.15, -0.1) is 0 Å². The van der Waals surface area contributed by atoms with Crippen LogP contribution in [0.3, 0.4) is 0 Å². The predicted octanol–water partition coefficient (Wildman–Crippen LogP) is -1.17. The molecule has 1 unspecified atom stereocenters. The Morgan fingerprint density at radius 3 is 3.00 bits per heavy atom. The zero-order valence-electron chi connectivity index (χ0n) is 11.5. The molecular weight excluding hydrogens is 244 g/mol. The first-order valence-electron chi connectivity index (χ1n) is 6.48. The Morgan fingerprint density at radius 1 is 1.53 bits per heavy atom. The molecule has 2 heterocycles. The zero-order chi connectivity index (χ0) is 13.8. The van der Waals surface area contributed by atoms with Gasteiger partial charge in [-0.3, -0.25) is 14.4 Å². The minimum atomic E-state index is -0.0373. The Labute approximate surface area is 113 Å². The molecule has 0 saturated carbocycles. The van der Waals surface area contributed by atoms with Crippen LogP contribution in [0.4, 0.5) is 5.69 Å².